The van der Waals surface area contributed by atoms with E-state index in [-0.39, 0.29) is 0 Å². The molecule has 1 nitrogen and oxygen atoms in total. The second-order valence-electron chi connectivity index (χ2n) is 6.24. The van der Waals surface area contributed by atoms with Gasteiger partial charge in [0.1, 0.15) is 5.75 Å². The van der Waals surface area contributed by atoms with Gasteiger partial charge in [-0.2, -0.15) is 0 Å². The van der Waals surface area contributed by atoms with Gasteiger partial charge in [0.2, 0.25) is 0 Å². The van der Waals surface area contributed by atoms with Crippen LogP contribution in [0.1, 0.15) is 61.1 Å². The summed E-state index contributed by atoms with van der Waals surface area (Å²) >= 11 is 0. The van der Waals surface area contributed by atoms with Gasteiger partial charge in [-0.1, -0.05) is 43.3 Å². The Bertz CT molecular complexity index is 560. The first kappa shape index (κ1) is 14.2. The molecular weight excluding hydrogens is 256 g/mol. The molecule has 1 heteroatoms. The summed E-state index contributed by atoms with van der Waals surface area (Å²) in [5.41, 5.74) is 4.32. The number of phenols is 1. The summed E-state index contributed by atoms with van der Waals surface area (Å²) in [4.78, 5) is 0. The second-order valence-corrected chi connectivity index (χ2v) is 6.24. The quantitative estimate of drug-likeness (QED) is 0.798. The van der Waals surface area contributed by atoms with Gasteiger partial charge in [-0.25, -0.2) is 0 Å². The summed E-state index contributed by atoms with van der Waals surface area (Å²) in [5, 5.41) is 9.39. The lowest BCUT2D eigenvalue weighted by Crippen LogP contribution is -2.12. The van der Waals surface area contributed by atoms with Crippen molar-refractivity contribution in [1.29, 1.82) is 0 Å². The van der Waals surface area contributed by atoms with E-state index in [1.165, 1.54) is 42.4 Å². The second kappa shape index (κ2) is 6.34. The molecule has 0 unspecified atom stereocenters. The third kappa shape index (κ3) is 3.29. The standard InChI is InChI=1S/C20H24O/c1-2-15-3-5-16(6-4-15)17-7-9-18(10-8-17)19-11-13-20(21)14-12-19/h3-6,11-14,17-18,21H,2,7-10H2,1H3. The topological polar surface area (TPSA) is 20.2 Å². The molecule has 21 heavy (non-hydrogen) atoms. The predicted molar refractivity (Wildman–Crippen MR) is 87.9 cm³/mol. The Labute approximate surface area is 127 Å². The molecule has 0 spiro atoms. The minimum absolute atomic E-state index is 0.364. The van der Waals surface area contributed by atoms with Crippen molar-refractivity contribution >= 4 is 0 Å². The third-order valence-corrected chi connectivity index (χ3v) is 4.95. The van der Waals surface area contributed by atoms with Crippen LogP contribution in [-0.4, -0.2) is 5.11 Å². The molecule has 1 N–H and O–H groups in total. The van der Waals surface area contributed by atoms with Crippen molar-refractivity contribution in [1.82, 2.24) is 0 Å². The van der Waals surface area contributed by atoms with E-state index in [1.54, 1.807) is 0 Å². The summed E-state index contributed by atoms with van der Waals surface area (Å²) in [6.07, 6.45) is 6.18. The molecule has 0 aromatic heterocycles. The van der Waals surface area contributed by atoms with Crippen LogP contribution in [0.3, 0.4) is 0 Å². The number of aryl methyl sites for hydroxylation is 1. The first-order valence-electron chi connectivity index (χ1n) is 8.14. The van der Waals surface area contributed by atoms with Crippen LogP contribution in [0.25, 0.3) is 0 Å². The molecule has 1 saturated carbocycles. The molecule has 1 aliphatic rings. The fourth-order valence-electron chi connectivity index (χ4n) is 3.53. The van der Waals surface area contributed by atoms with Crippen molar-refractivity contribution in [3.8, 4) is 5.75 Å². The van der Waals surface area contributed by atoms with E-state index < -0.39 is 0 Å². The smallest absolute Gasteiger partial charge is 0.115 e. The number of rotatable bonds is 3. The van der Waals surface area contributed by atoms with Crippen LogP contribution < -0.4 is 0 Å². The minimum Gasteiger partial charge on any atom is -0.508 e. The monoisotopic (exact) mass is 280 g/mol. The van der Waals surface area contributed by atoms with E-state index in [0.29, 0.717) is 11.7 Å². The molecule has 0 radical (unpaired) electrons. The van der Waals surface area contributed by atoms with E-state index in [9.17, 15) is 5.11 Å². The van der Waals surface area contributed by atoms with Gasteiger partial charge >= 0.3 is 0 Å². The molecule has 0 heterocycles. The molecule has 1 aliphatic carbocycles. The lowest BCUT2D eigenvalue weighted by atomic mass is 9.76. The summed E-state index contributed by atoms with van der Waals surface area (Å²) < 4.78 is 0. The lowest BCUT2D eigenvalue weighted by molar-refractivity contribution is 0.396. The maximum absolute atomic E-state index is 9.39. The van der Waals surface area contributed by atoms with Crippen molar-refractivity contribution in [3.63, 3.8) is 0 Å². The van der Waals surface area contributed by atoms with Crippen LogP contribution in [0.15, 0.2) is 48.5 Å². The first-order valence-corrected chi connectivity index (χ1v) is 8.14. The van der Waals surface area contributed by atoms with E-state index in [0.717, 1.165) is 12.3 Å². The summed E-state index contributed by atoms with van der Waals surface area (Å²) in [6, 6.07) is 17.0. The molecule has 0 amide bonds. The Hall–Kier alpha value is -1.76. The van der Waals surface area contributed by atoms with Gasteiger partial charge in [0, 0.05) is 0 Å². The van der Waals surface area contributed by atoms with Crippen molar-refractivity contribution < 1.29 is 5.11 Å². The van der Waals surface area contributed by atoms with Crippen LogP contribution in [0.2, 0.25) is 0 Å². The number of phenolic OH excluding ortho intramolecular Hbond substituents is 1. The van der Waals surface area contributed by atoms with Crippen molar-refractivity contribution in [2.45, 2.75) is 50.9 Å². The maximum Gasteiger partial charge on any atom is 0.115 e. The molecule has 110 valence electrons. The number of aromatic hydroxyl groups is 1. The number of hydrogen-bond acceptors (Lipinski definition) is 1. The van der Waals surface area contributed by atoms with E-state index in [4.69, 9.17) is 0 Å². The normalized spacial score (nSPS) is 22.1. The van der Waals surface area contributed by atoms with Gasteiger partial charge in [-0.15, -0.1) is 0 Å². The van der Waals surface area contributed by atoms with Crippen molar-refractivity contribution in [2.24, 2.45) is 0 Å². The van der Waals surface area contributed by atoms with E-state index >= 15 is 0 Å². The molecular formula is C20H24O. The maximum atomic E-state index is 9.39. The van der Waals surface area contributed by atoms with Crippen LogP contribution in [0, 0.1) is 0 Å². The van der Waals surface area contributed by atoms with Crippen LogP contribution >= 0.6 is 0 Å². The minimum atomic E-state index is 0.364. The van der Waals surface area contributed by atoms with Crippen molar-refractivity contribution in [3.05, 3.63) is 65.2 Å². The Kier molecular flexibility index (Phi) is 4.28. The highest BCUT2D eigenvalue weighted by Gasteiger charge is 2.23. The molecule has 0 atom stereocenters. The van der Waals surface area contributed by atoms with Gasteiger partial charge in [-0.05, 0) is 72.8 Å². The zero-order valence-corrected chi connectivity index (χ0v) is 12.8. The lowest BCUT2D eigenvalue weighted by Gasteiger charge is -2.29. The SMILES string of the molecule is CCc1ccc(C2CCC(c3ccc(O)cc3)CC2)cc1. The Morgan fingerprint density at radius 1 is 0.762 bits per heavy atom. The molecule has 1 fully saturated rings. The zero-order valence-electron chi connectivity index (χ0n) is 12.8. The highest BCUT2D eigenvalue weighted by Crippen LogP contribution is 2.40. The molecule has 0 saturated heterocycles. The average molecular weight is 280 g/mol. The summed E-state index contributed by atoms with van der Waals surface area (Å²) in [6.45, 7) is 2.21. The fraction of sp³-hybridized carbons (Fsp3) is 0.400. The van der Waals surface area contributed by atoms with E-state index in [2.05, 4.69) is 43.3 Å². The largest absolute Gasteiger partial charge is 0.508 e. The van der Waals surface area contributed by atoms with Gasteiger partial charge in [0.05, 0.1) is 0 Å². The molecule has 2 aromatic rings. The van der Waals surface area contributed by atoms with Crippen molar-refractivity contribution in [2.75, 3.05) is 0 Å². The molecule has 2 aromatic carbocycles. The first-order chi connectivity index (χ1) is 10.3. The van der Waals surface area contributed by atoms with Gasteiger partial charge in [-0.3, -0.25) is 0 Å². The highest BCUT2D eigenvalue weighted by molar-refractivity contribution is 5.30. The third-order valence-electron chi connectivity index (χ3n) is 4.95. The molecule has 3 rings (SSSR count). The van der Waals surface area contributed by atoms with E-state index in [1.807, 2.05) is 12.1 Å². The molecule has 0 aliphatic heterocycles. The zero-order chi connectivity index (χ0) is 14.7. The Balaban J connectivity index is 1.62. The Morgan fingerprint density at radius 2 is 1.19 bits per heavy atom. The van der Waals surface area contributed by atoms with Gasteiger partial charge in [0.25, 0.3) is 0 Å². The molecule has 0 bridgehead atoms. The van der Waals surface area contributed by atoms with Crippen LogP contribution in [0.5, 0.6) is 5.75 Å². The van der Waals surface area contributed by atoms with Crippen LogP contribution in [-0.2, 0) is 6.42 Å². The number of benzene rings is 2. The Morgan fingerprint density at radius 3 is 1.62 bits per heavy atom. The highest BCUT2D eigenvalue weighted by atomic mass is 16.3. The predicted octanol–water partition coefficient (Wildman–Crippen LogP) is 5.40. The van der Waals surface area contributed by atoms with Crippen LogP contribution in [0.4, 0.5) is 0 Å². The average Bonchev–Trinajstić information content (AvgIpc) is 2.56. The number of hydrogen-bond donors (Lipinski definition) is 1. The fourth-order valence-corrected chi connectivity index (χ4v) is 3.53. The summed E-state index contributed by atoms with van der Waals surface area (Å²) in [7, 11) is 0. The summed E-state index contributed by atoms with van der Waals surface area (Å²) in [5.74, 6) is 1.75. The van der Waals surface area contributed by atoms with Gasteiger partial charge in [0.15, 0.2) is 0 Å². The van der Waals surface area contributed by atoms with Gasteiger partial charge < -0.3 is 5.11 Å².